The van der Waals surface area contributed by atoms with Crippen LogP contribution in [0.1, 0.15) is 41.0 Å². The molecule has 1 aromatic rings. The third-order valence-electron chi connectivity index (χ3n) is 2.89. The minimum atomic E-state index is -0.00326. The molecule has 1 amide bonds. The molecule has 106 valence electrons. The zero-order valence-electron chi connectivity index (χ0n) is 12.7. The Labute approximate surface area is 116 Å². The van der Waals surface area contributed by atoms with Crippen LogP contribution in [0.3, 0.4) is 0 Å². The predicted molar refractivity (Wildman–Crippen MR) is 82.4 cm³/mol. The van der Waals surface area contributed by atoms with Gasteiger partial charge in [-0.2, -0.15) is 0 Å². The van der Waals surface area contributed by atoms with Crippen molar-refractivity contribution in [1.82, 2.24) is 0 Å². The van der Waals surface area contributed by atoms with E-state index in [0.717, 1.165) is 17.8 Å². The second-order valence-electron chi connectivity index (χ2n) is 5.90. The van der Waals surface area contributed by atoms with Gasteiger partial charge in [-0.1, -0.05) is 33.8 Å². The van der Waals surface area contributed by atoms with E-state index in [2.05, 4.69) is 31.4 Å². The molecule has 0 aliphatic heterocycles. The fourth-order valence-electron chi connectivity index (χ4n) is 2.02. The second kappa shape index (κ2) is 7.17. The summed E-state index contributed by atoms with van der Waals surface area (Å²) in [6.07, 6.45) is 1.13. The maximum absolute atomic E-state index is 11.7. The lowest BCUT2D eigenvalue weighted by molar-refractivity contribution is -0.118. The molecular formula is C16H26N2O. The summed E-state index contributed by atoms with van der Waals surface area (Å²) in [5.74, 6) is 0.718. The Hall–Kier alpha value is -1.51. The van der Waals surface area contributed by atoms with Crippen LogP contribution in [0.5, 0.6) is 0 Å². The van der Waals surface area contributed by atoms with Crippen molar-refractivity contribution >= 4 is 17.3 Å². The topological polar surface area (TPSA) is 41.1 Å². The molecule has 0 aliphatic carbocycles. The van der Waals surface area contributed by atoms with Crippen molar-refractivity contribution in [3.63, 3.8) is 0 Å². The van der Waals surface area contributed by atoms with Crippen molar-refractivity contribution < 1.29 is 4.79 Å². The van der Waals surface area contributed by atoms with Crippen molar-refractivity contribution in [2.75, 3.05) is 10.6 Å². The number of carbonyl (C=O) groups is 1. The van der Waals surface area contributed by atoms with Gasteiger partial charge in [0, 0.05) is 23.3 Å². The SMILES string of the molecule is CC(C)CC(C)Nc1cccc(NC(=O)C(C)C)c1. The normalized spacial score (nSPS) is 12.6. The lowest BCUT2D eigenvalue weighted by Crippen LogP contribution is -2.19. The van der Waals surface area contributed by atoms with E-state index in [-0.39, 0.29) is 11.8 Å². The molecule has 0 aromatic heterocycles. The van der Waals surface area contributed by atoms with Gasteiger partial charge in [-0.3, -0.25) is 4.79 Å². The summed E-state index contributed by atoms with van der Waals surface area (Å²) in [6.45, 7) is 10.4. The van der Waals surface area contributed by atoms with E-state index in [0.29, 0.717) is 12.0 Å². The van der Waals surface area contributed by atoms with Gasteiger partial charge in [0.15, 0.2) is 0 Å². The van der Waals surface area contributed by atoms with E-state index >= 15 is 0 Å². The number of anilines is 2. The minimum Gasteiger partial charge on any atom is -0.383 e. The fourth-order valence-corrected chi connectivity index (χ4v) is 2.02. The third kappa shape index (κ3) is 5.77. The van der Waals surface area contributed by atoms with Gasteiger partial charge in [-0.15, -0.1) is 0 Å². The Morgan fingerprint density at radius 1 is 1.11 bits per heavy atom. The Morgan fingerprint density at radius 2 is 1.74 bits per heavy atom. The number of carbonyl (C=O) groups excluding carboxylic acids is 1. The zero-order valence-corrected chi connectivity index (χ0v) is 12.7. The van der Waals surface area contributed by atoms with Crippen LogP contribution in [-0.2, 0) is 4.79 Å². The molecule has 0 radical (unpaired) electrons. The summed E-state index contributed by atoms with van der Waals surface area (Å²) in [6, 6.07) is 8.31. The van der Waals surface area contributed by atoms with Crippen molar-refractivity contribution in [2.45, 2.75) is 47.1 Å². The Kier molecular flexibility index (Phi) is 5.87. The third-order valence-corrected chi connectivity index (χ3v) is 2.89. The van der Waals surface area contributed by atoms with Gasteiger partial charge in [0.1, 0.15) is 0 Å². The molecule has 0 aliphatic rings. The first kappa shape index (κ1) is 15.5. The highest BCUT2D eigenvalue weighted by molar-refractivity contribution is 5.92. The van der Waals surface area contributed by atoms with Crippen LogP contribution in [0.15, 0.2) is 24.3 Å². The molecule has 0 saturated heterocycles. The maximum atomic E-state index is 11.7. The van der Waals surface area contributed by atoms with Crippen molar-refractivity contribution in [2.24, 2.45) is 11.8 Å². The van der Waals surface area contributed by atoms with E-state index < -0.39 is 0 Å². The number of rotatable bonds is 6. The average molecular weight is 262 g/mol. The summed E-state index contributed by atoms with van der Waals surface area (Å²) >= 11 is 0. The molecule has 1 atom stereocenters. The van der Waals surface area contributed by atoms with E-state index in [1.807, 2.05) is 38.1 Å². The Bertz CT molecular complexity index is 413. The van der Waals surface area contributed by atoms with Crippen molar-refractivity contribution in [3.8, 4) is 0 Å². The molecule has 3 nitrogen and oxygen atoms in total. The molecule has 1 unspecified atom stereocenters. The van der Waals surface area contributed by atoms with Crippen LogP contribution < -0.4 is 10.6 Å². The molecule has 2 N–H and O–H groups in total. The number of hydrogen-bond acceptors (Lipinski definition) is 2. The van der Waals surface area contributed by atoms with Crippen LogP contribution in [0.2, 0.25) is 0 Å². The molecule has 0 bridgehead atoms. The van der Waals surface area contributed by atoms with E-state index in [9.17, 15) is 4.79 Å². The Balaban J connectivity index is 2.64. The Morgan fingerprint density at radius 3 is 2.32 bits per heavy atom. The first-order valence-corrected chi connectivity index (χ1v) is 7.06. The molecule has 19 heavy (non-hydrogen) atoms. The molecule has 0 spiro atoms. The molecule has 0 saturated carbocycles. The van der Waals surface area contributed by atoms with Crippen LogP contribution >= 0.6 is 0 Å². The first-order chi connectivity index (χ1) is 8.88. The summed E-state index contributed by atoms with van der Waals surface area (Å²) in [4.78, 5) is 11.7. The highest BCUT2D eigenvalue weighted by Crippen LogP contribution is 2.18. The van der Waals surface area contributed by atoms with E-state index in [4.69, 9.17) is 0 Å². The lowest BCUT2D eigenvalue weighted by Gasteiger charge is -2.18. The highest BCUT2D eigenvalue weighted by atomic mass is 16.1. The number of hydrogen-bond donors (Lipinski definition) is 2. The van der Waals surface area contributed by atoms with Crippen LogP contribution in [0.4, 0.5) is 11.4 Å². The first-order valence-electron chi connectivity index (χ1n) is 7.06. The summed E-state index contributed by atoms with van der Waals surface area (Å²) in [5.41, 5.74) is 1.90. The smallest absolute Gasteiger partial charge is 0.226 e. The van der Waals surface area contributed by atoms with Crippen molar-refractivity contribution in [3.05, 3.63) is 24.3 Å². The van der Waals surface area contributed by atoms with Crippen LogP contribution in [0.25, 0.3) is 0 Å². The number of benzene rings is 1. The molecule has 0 heterocycles. The average Bonchev–Trinajstić information content (AvgIpc) is 2.27. The van der Waals surface area contributed by atoms with Crippen LogP contribution in [0, 0.1) is 11.8 Å². The van der Waals surface area contributed by atoms with Gasteiger partial charge in [-0.25, -0.2) is 0 Å². The lowest BCUT2D eigenvalue weighted by atomic mass is 10.1. The largest absolute Gasteiger partial charge is 0.383 e. The van der Waals surface area contributed by atoms with Gasteiger partial charge in [0.25, 0.3) is 0 Å². The molecule has 1 aromatic carbocycles. The summed E-state index contributed by atoms with van der Waals surface area (Å²) in [7, 11) is 0. The molecular weight excluding hydrogens is 236 g/mol. The number of nitrogens with one attached hydrogen (secondary N) is 2. The zero-order chi connectivity index (χ0) is 14.4. The standard InChI is InChI=1S/C16H26N2O/c1-11(2)9-13(5)17-14-7-6-8-15(10-14)18-16(19)12(3)4/h6-8,10-13,17H,9H2,1-5H3,(H,18,19). The van der Waals surface area contributed by atoms with Gasteiger partial charge in [0.05, 0.1) is 0 Å². The van der Waals surface area contributed by atoms with Gasteiger partial charge < -0.3 is 10.6 Å². The van der Waals surface area contributed by atoms with Crippen LogP contribution in [-0.4, -0.2) is 11.9 Å². The predicted octanol–water partition coefficient (Wildman–Crippen LogP) is 4.13. The second-order valence-corrected chi connectivity index (χ2v) is 5.90. The fraction of sp³-hybridized carbons (Fsp3) is 0.562. The van der Waals surface area contributed by atoms with Gasteiger partial charge >= 0.3 is 0 Å². The number of amides is 1. The van der Waals surface area contributed by atoms with Gasteiger partial charge in [-0.05, 0) is 37.5 Å². The minimum absolute atomic E-state index is 0.00326. The molecule has 0 fully saturated rings. The van der Waals surface area contributed by atoms with Gasteiger partial charge in [0.2, 0.25) is 5.91 Å². The van der Waals surface area contributed by atoms with E-state index in [1.165, 1.54) is 0 Å². The quantitative estimate of drug-likeness (QED) is 0.809. The summed E-state index contributed by atoms with van der Waals surface area (Å²) < 4.78 is 0. The molecule has 1 rings (SSSR count). The van der Waals surface area contributed by atoms with Crippen molar-refractivity contribution in [1.29, 1.82) is 0 Å². The molecule has 3 heteroatoms. The summed E-state index contributed by atoms with van der Waals surface area (Å²) in [5, 5.41) is 6.38. The van der Waals surface area contributed by atoms with E-state index in [1.54, 1.807) is 0 Å². The monoisotopic (exact) mass is 262 g/mol. The highest BCUT2D eigenvalue weighted by Gasteiger charge is 2.08. The maximum Gasteiger partial charge on any atom is 0.226 e.